The van der Waals surface area contributed by atoms with Crippen molar-refractivity contribution in [1.29, 1.82) is 0 Å². The average molecular weight is 507 g/mol. The molecule has 4 aliphatic carbocycles. The van der Waals surface area contributed by atoms with E-state index in [0.29, 0.717) is 5.41 Å². The van der Waals surface area contributed by atoms with Gasteiger partial charge in [0.25, 0.3) is 0 Å². The van der Waals surface area contributed by atoms with Gasteiger partial charge >= 0.3 is 0 Å². The van der Waals surface area contributed by atoms with Crippen LogP contribution in [-0.2, 0) is 18.3 Å². The summed E-state index contributed by atoms with van der Waals surface area (Å²) < 4.78 is 24.0. The van der Waals surface area contributed by atoms with Gasteiger partial charge in [0.15, 0.2) is 0 Å². The minimum atomic E-state index is 0.123. The summed E-state index contributed by atoms with van der Waals surface area (Å²) in [6.45, 7) is 8.26. The number of benzene rings is 2. The minimum absolute atomic E-state index is 0.123. The molecule has 0 radical (unpaired) electrons. The van der Waals surface area contributed by atoms with Crippen LogP contribution in [0.3, 0.4) is 0 Å². The zero-order valence-corrected chi connectivity index (χ0v) is 23.8. The van der Waals surface area contributed by atoms with Crippen LogP contribution in [0.2, 0.25) is 0 Å². The van der Waals surface area contributed by atoms with E-state index in [1.807, 2.05) is 7.11 Å². The predicted molar refractivity (Wildman–Crippen MR) is 149 cm³/mol. The molecule has 4 nitrogen and oxygen atoms in total. The molecule has 4 heteroatoms. The Morgan fingerprint density at radius 3 is 1.86 bits per heavy atom. The number of hydrogen-bond acceptors (Lipinski definition) is 4. The molecule has 6 rings (SSSR count). The van der Waals surface area contributed by atoms with Crippen molar-refractivity contribution >= 4 is 0 Å². The summed E-state index contributed by atoms with van der Waals surface area (Å²) in [6, 6.07) is 10.9. The van der Waals surface area contributed by atoms with Crippen LogP contribution in [0.25, 0.3) is 0 Å². The largest absolute Gasteiger partial charge is 0.496 e. The summed E-state index contributed by atoms with van der Waals surface area (Å²) in [5.41, 5.74) is 4.29. The second-order valence-electron chi connectivity index (χ2n) is 12.5. The molecule has 202 valence electrons. The fourth-order valence-electron chi connectivity index (χ4n) is 7.94. The highest BCUT2D eigenvalue weighted by Gasteiger charge is 2.52. The summed E-state index contributed by atoms with van der Waals surface area (Å²) >= 11 is 0. The van der Waals surface area contributed by atoms with Crippen molar-refractivity contribution < 1.29 is 18.9 Å². The normalized spacial score (nSPS) is 26.1. The first-order valence-electron chi connectivity index (χ1n) is 14.5. The van der Waals surface area contributed by atoms with E-state index in [1.165, 1.54) is 55.2 Å². The SMILES string of the molecule is COc1cc(OC)c(C23CC4CC(CC(C4)C2)C3)cc1CCCc1ccc(OC(C)C)cc1OC(C)C. The van der Waals surface area contributed by atoms with Gasteiger partial charge in [-0.2, -0.15) is 0 Å². The van der Waals surface area contributed by atoms with Gasteiger partial charge < -0.3 is 18.9 Å². The number of methoxy groups -OCH3 is 2. The van der Waals surface area contributed by atoms with Crippen LogP contribution in [-0.4, -0.2) is 26.4 Å². The predicted octanol–water partition coefficient (Wildman–Crippen LogP) is 7.92. The van der Waals surface area contributed by atoms with E-state index in [2.05, 4.69) is 58.0 Å². The van der Waals surface area contributed by atoms with Crippen molar-refractivity contribution in [2.24, 2.45) is 17.8 Å². The lowest BCUT2D eigenvalue weighted by Gasteiger charge is -2.57. The standard InChI is InChI=1S/C33H46O4/c1-21(2)36-28-11-10-26(31(16-28)37-22(3)4)8-7-9-27-15-29(32(35-6)17-30(27)34-5)33-18-23-12-24(19-33)14-25(13-23)20-33/h10-11,15-17,21-25H,7-9,12-14,18-20H2,1-6H3. The second-order valence-corrected chi connectivity index (χ2v) is 12.5. The molecule has 0 heterocycles. The third-order valence-corrected chi connectivity index (χ3v) is 8.88. The van der Waals surface area contributed by atoms with Crippen LogP contribution < -0.4 is 18.9 Å². The van der Waals surface area contributed by atoms with Crippen molar-refractivity contribution in [3.05, 3.63) is 47.0 Å². The number of hydrogen-bond donors (Lipinski definition) is 0. The fourth-order valence-corrected chi connectivity index (χ4v) is 7.94. The van der Waals surface area contributed by atoms with Crippen LogP contribution in [0.1, 0.15) is 89.3 Å². The number of ether oxygens (including phenoxy) is 4. The molecule has 0 amide bonds. The van der Waals surface area contributed by atoms with Crippen LogP contribution >= 0.6 is 0 Å². The zero-order chi connectivity index (χ0) is 26.2. The van der Waals surface area contributed by atoms with E-state index in [4.69, 9.17) is 18.9 Å². The Bertz CT molecular complexity index is 1050. The maximum Gasteiger partial charge on any atom is 0.126 e. The Morgan fingerprint density at radius 2 is 1.30 bits per heavy atom. The van der Waals surface area contributed by atoms with Gasteiger partial charge in [-0.1, -0.05) is 6.07 Å². The maximum absolute atomic E-state index is 6.18. The topological polar surface area (TPSA) is 36.9 Å². The van der Waals surface area contributed by atoms with E-state index < -0.39 is 0 Å². The Kier molecular flexibility index (Phi) is 7.65. The van der Waals surface area contributed by atoms with Crippen molar-refractivity contribution in [3.8, 4) is 23.0 Å². The van der Waals surface area contributed by atoms with E-state index >= 15 is 0 Å². The summed E-state index contributed by atoms with van der Waals surface area (Å²) in [5, 5.41) is 0. The molecular formula is C33H46O4. The molecule has 2 aromatic rings. The molecule has 2 aromatic carbocycles. The Hall–Kier alpha value is -2.36. The molecule has 37 heavy (non-hydrogen) atoms. The molecule has 0 unspecified atom stereocenters. The van der Waals surface area contributed by atoms with Crippen molar-refractivity contribution in [2.45, 2.75) is 103 Å². The van der Waals surface area contributed by atoms with Gasteiger partial charge in [-0.05, 0) is 132 Å². The van der Waals surface area contributed by atoms with Crippen LogP contribution in [0.5, 0.6) is 23.0 Å². The van der Waals surface area contributed by atoms with Crippen molar-refractivity contribution in [3.63, 3.8) is 0 Å². The minimum Gasteiger partial charge on any atom is -0.496 e. The number of rotatable bonds is 11. The van der Waals surface area contributed by atoms with E-state index in [-0.39, 0.29) is 12.2 Å². The van der Waals surface area contributed by atoms with Gasteiger partial charge in [-0.15, -0.1) is 0 Å². The van der Waals surface area contributed by atoms with Crippen LogP contribution in [0.15, 0.2) is 30.3 Å². The molecule has 0 spiro atoms. The molecule has 4 bridgehead atoms. The molecule has 4 saturated carbocycles. The van der Waals surface area contributed by atoms with Gasteiger partial charge in [0.1, 0.15) is 23.0 Å². The summed E-state index contributed by atoms with van der Waals surface area (Å²) in [5.74, 6) is 6.49. The fraction of sp³-hybridized carbons (Fsp3) is 0.636. The Morgan fingerprint density at radius 1 is 0.703 bits per heavy atom. The van der Waals surface area contributed by atoms with Gasteiger partial charge in [-0.3, -0.25) is 0 Å². The van der Waals surface area contributed by atoms with E-state index in [0.717, 1.165) is 60.0 Å². The molecule has 0 N–H and O–H groups in total. The van der Waals surface area contributed by atoms with Gasteiger partial charge in [0.05, 0.1) is 26.4 Å². The van der Waals surface area contributed by atoms with Gasteiger partial charge in [0.2, 0.25) is 0 Å². The summed E-state index contributed by atoms with van der Waals surface area (Å²) in [6.07, 6.45) is 11.6. The zero-order valence-electron chi connectivity index (χ0n) is 23.8. The van der Waals surface area contributed by atoms with Crippen molar-refractivity contribution in [2.75, 3.05) is 14.2 Å². The monoisotopic (exact) mass is 506 g/mol. The molecule has 0 aromatic heterocycles. The summed E-state index contributed by atoms with van der Waals surface area (Å²) in [7, 11) is 3.60. The first-order chi connectivity index (χ1) is 17.8. The molecule has 0 saturated heterocycles. The van der Waals surface area contributed by atoms with Crippen LogP contribution in [0.4, 0.5) is 0 Å². The Balaban J connectivity index is 1.37. The lowest BCUT2D eigenvalue weighted by molar-refractivity contribution is -0.00621. The molecule has 4 fully saturated rings. The maximum atomic E-state index is 6.18. The summed E-state index contributed by atoms with van der Waals surface area (Å²) in [4.78, 5) is 0. The lowest BCUT2D eigenvalue weighted by Crippen LogP contribution is -2.48. The molecule has 0 aliphatic heterocycles. The van der Waals surface area contributed by atoms with Gasteiger partial charge in [-0.25, -0.2) is 0 Å². The quantitative estimate of drug-likeness (QED) is 0.310. The van der Waals surface area contributed by atoms with Crippen molar-refractivity contribution in [1.82, 2.24) is 0 Å². The second kappa shape index (κ2) is 10.8. The van der Waals surface area contributed by atoms with Crippen LogP contribution in [0, 0.1) is 17.8 Å². The first kappa shape index (κ1) is 26.3. The first-order valence-corrected chi connectivity index (χ1v) is 14.5. The smallest absolute Gasteiger partial charge is 0.126 e. The molecule has 4 aliphatic rings. The third kappa shape index (κ3) is 5.59. The third-order valence-electron chi connectivity index (χ3n) is 8.88. The Labute approximate surface area is 224 Å². The molecular weight excluding hydrogens is 460 g/mol. The lowest BCUT2D eigenvalue weighted by atomic mass is 9.48. The highest BCUT2D eigenvalue weighted by Crippen LogP contribution is 2.62. The highest BCUT2D eigenvalue weighted by molar-refractivity contribution is 5.51. The van der Waals surface area contributed by atoms with E-state index in [1.54, 1.807) is 7.11 Å². The average Bonchev–Trinajstić information content (AvgIpc) is 2.83. The van der Waals surface area contributed by atoms with Gasteiger partial charge in [0, 0.05) is 17.7 Å². The van der Waals surface area contributed by atoms with E-state index in [9.17, 15) is 0 Å². The number of aryl methyl sites for hydroxylation is 2. The molecule has 0 atom stereocenters. The highest BCUT2D eigenvalue weighted by atomic mass is 16.5.